The van der Waals surface area contributed by atoms with Crippen LogP contribution in [0.5, 0.6) is 11.5 Å². The average molecular weight is 289 g/mol. The minimum atomic E-state index is -0.419. The van der Waals surface area contributed by atoms with E-state index in [-0.39, 0.29) is 12.4 Å². The Kier molecular flexibility index (Phi) is 3.92. The molecule has 1 aliphatic heterocycles. The summed E-state index contributed by atoms with van der Waals surface area (Å²) in [5.41, 5.74) is 1.16. The summed E-state index contributed by atoms with van der Waals surface area (Å²) in [4.78, 5) is 0. The number of benzene rings is 2. The summed E-state index contributed by atoms with van der Waals surface area (Å²) < 4.78 is 24.7. The van der Waals surface area contributed by atoms with E-state index < -0.39 is 6.04 Å². The number of para-hydroxylation sites is 1. The van der Waals surface area contributed by atoms with Crippen molar-refractivity contribution < 1.29 is 19.0 Å². The highest BCUT2D eigenvalue weighted by atomic mass is 19.1. The zero-order valence-electron chi connectivity index (χ0n) is 11.4. The van der Waals surface area contributed by atoms with Crippen molar-refractivity contribution in [1.29, 1.82) is 0 Å². The van der Waals surface area contributed by atoms with Gasteiger partial charge in [-0.05, 0) is 29.8 Å². The lowest BCUT2D eigenvalue weighted by molar-refractivity contribution is 0.171. The van der Waals surface area contributed by atoms with E-state index in [1.54, 1.807) is 24.3 Å². The van der Waals surface area contributed by atoms with Crippen LogP contribution >= 0.6 is 0 Å². The van der Waals surface area contributed by atoms with Crippen LogP contribution in [0, 0.1) is 5.82 Å². The highest BCUT2D eigenvalue weighted by Crippen LogP contribution is 2.33. The van der Waals surface area contributed by atoms with Crippen LogP contribution in [0.4, 0.5) is 10.1 Å². The van der Waals surface area contributed by atoms with Gasteiger partial charge in [0.05, 0.1) is 18.3 Å². The molecule has 0 saturated heterocycles. The third kappa shape index (κ3) is 2.92. The summed E-state index contributed by atoms with van der Waals surface area (Å²) >= 11 is 0. The Labute approximate surface area is 122 Å². The number of hydrogen-bond donors (Lipinski definition) is 2. The van der Waals surface area contributed by atoms with E-state index in [0.29, 0.717) is 30.4 Å². The molecule has 0 amide bonds. The van der Waals surface area contributed by atoms with Gasteiger partial charge >= 0.3 is 0 Å². The van der Waals surface area contributed by atoms with Crippen molar-refractivity contribution in [2.45, 2.75) is 6.04 Å². The van der Waals surface area contributed by atoms with Gasteiger partial charge in [0.25, 0.3) is 0 Å². The molecular weight excluding hydrogens is 273 g/mol. The van der Waals surface area contributed by atoms with Crippen molar-refractivity contribution in [2.75, 3.05) is 25.1 Å². The number of rotatable bonds is 4. The predicted molar refractivity (Wildman–Crippen MR) is 77.3 cm³/mol. The fourth-order valence-corrected chi connectivity index (χ4v) is 2.28. The summed E-state index contributed by atoms with van der Waals surface area (Å²) in [6.07, 6.45) is 0. The van der Waals surface area contributed by atoms with Crippen LogP contribution in [0.1, 0.15) is 11.6 Å². The van der Waals surface area contributed by atoms with Crippen LogP contribution in [0.3, 0.4) is 0 Å². The molecule has 2 aromatic rings. The van der Waals surface area contributed by atoms with Crippen LogP contribution in [0.15, 0.2) is 42.5 Å². The second-order valence-electron chi connectivity index (χ2n) is 4.76. The summed E-state index contributed by atoms with van der Waals surface area (Å²) in [7, 11) is 0. The van der Waals surface area contributed by atoms with Crippen molar-refractivity contribution >= 4 is 5.69 Å². The van der Waals surface area contributed by atoms with Crippen molar-refractivity contribution in [2.24, 2.45) is 0 Å². The molecule has 3 rings (SSSR count). The summed E-state index contributed by atoms with van der Waals surface area (Å²) in [6.45, 7) is 0.873. The Morgan fingerprint density at radius 2 is 1.86 bits per heavy atom. The van der Waals surface area contributed by atoms with Gasteiger partial charge in [0.15, 0.2) is 11.5 Å². The van der Waals surface area contributed by atoms with Crippen LogP contribution in [-0.2, 0) is 0 Å². The molecule has 1 atom stereocenters. The quantitative estimate of drug-likeness (QED) is 0.908. The number of ether oxygens (including phenoxy) is 2. The monoisotopic (exact) mass is 289 g/mol. The summed E-state index contributed by atoms with van der Waals surface area (Å²) in [5, 5.41) is 12.6. The first kappa shape index (κ1) is 13.7. The van der Waals surface area contributed by atoms with E-state index in [0.717, 1.165) is 5.56 Å². The van der Waals surface area contributed by atoms with E-state index in [1.165, 1.54) is 6.07 Å². The molecule has 21 heavy (non-hydrogen) atoms. The molecule has 0 bridgehead atoms. The Morgan fingerprint density at radius 3 is 2.62 bits per heavy atom. The first-order valence-electron chi connectivity index (χ1n) is 6.79. The number of aliphatic hydroxyl groups is 1. The molecule has 1 unspecified atom stereocenters. The standard InChI is InChI=1S/C16H16FNO3/c17-12-3-1-2-4-13(12)18-14(10-19)11-5-6-15-16(9-11)21-8-7-20-15/h1-6,9,14,18-19H,7-8,10H2. The second kappa shape index (κ2) is 6.01. The lowest BCUT2D eigenvalue weighted by Gasteiger charge is -2.22. The van der Waals surface area contributed by atoms with Gasteiger partial charge < -0.3 is 19.9 Å². The molecular formula is C16H16FNO3. The molecule has 0 aliphatic carbocycles. The van der Waals surface area contributed by atoms with Crippen molar-refractivity contribution in [3.05, 3.63) is 53.8 Å². The Morgan fingerprint density at radius 1 is 1.10 bits per heavy atom. The number of aliphatic hydroxyl groups excluding tert-OH is 1. The lowest BCUT2D eigenvalue weighted by atomic mass is 10.1. The van der Waals surface area contributed by atoms with Gasteiger partial charge in [-0.2, -0.15) is 0 Å². The SMILES string of the molecule is OCC(Nc1ccccc1F)c1ccc2c(c1)OCCO2. The maximum Gasteiger partial charge on any atom is 0.161 e. The summed E-state index contributed by atoms with van der Waals surface area (Å²) in [6, 6.07) is 11.4. The van der Waals surface area contributed by atoms with Crippen molar-refractivity contribution in [1.82, 2.24) is 0 Å². The van der Waals surface area contributed by atoms with Gasteiger partial charge in [-0.1, -0.05) is 18.2 Å². The van der Waals surface area contributed by atoms with Gasteiger partial charge in [-0.3, -0.25) is 0 Å². The first-order valence-corrected chi connectivity index (χ1v) is 6.79. The molecule has 110 valence electrons. The third-order valence-corrected chi connectivity index (χ3v) is 3.35. The molecule has 2 aromatic carbocycles. The fourth-order valence-electron chi connectivity index (χ4n) is 2.28. The minimum Gasteiger partial charge on any atom is -0.486 e. The maximum absolute atomic E-state index is 13.7. The van der Waals surface area contributed by atoms with E-state index >= 15 is 0 Å². The molecule has 4 nitrogen and oxygen atoms in total. The number of anilines is 1. The van der Waals surface area contributed by atoms with Gasteiger partial charge in [-0.25, -0.2) is 4.39 Å². The van der Waals surface area contributed by atoms with Crippen molar-refractivity contribution in [3.8, 4) is 11.5 Å². The van der Waals surface area contributed by atoms with E-state index in [4.69, 9.17) is 9.47 Å². The highest BCUT2D eigenvalue weighted by molar-refractivity contribution is 5.50. The molecule has 1 heterocycles. The molecule has 0 saturated carbocycles. The van der Waals surface area contributed by atoms with Gasteiger partial charge in [-0.15, -0.1) is 0 Å². The van der Waals surface area contributed by atoms with E-state index in [2.05, 4.69) is 5.32 Å². The smallest absolute Gasteiger partial charge is 0.161 e. The fraction of sp³-hybridized carbons (Fsp3) is 0.250. The zero-order valence-corrected chi connectivity index (χ0v) is 11.4. The highest BCUT2D eigenvalue weighted by Gasteiger charge is 2.17. The van der Waals surface area contributed by atoms with Gasteiger partial charge in [0.1, 0.15) is 19.0 Å². The molecule has 0 fully saturated rings. The minimum absolute atomic E-state index is 0.159. The summed E-state index contributed by atoms with van der Waals surface area (Å²) in [5.74, 6) is 0.980. The molecule has 0 aromatic heterocycles. The lowest BCUT2D eigenvalue weighted by Crippen LogP contribution is -2.18. The zero-order chi connectivity index (χ0) is 14.7. The largest absolute Gasteiger partial charge is 0.486 e. The van der Waals surface area contributed by atoms with Crippen LogP contribution in [0.2, 0.25) is 0 Å². The third-order valence-electron chi connectivity index (χ3n) is 3.35. The van der Waals surface area contributed by atoms with Crippen molar-refractivity contribution in [3.63, 3.8) is 0 Å². The Hall–Kier alpha value is -2.27. The first-order chi connectivity index (χ1) is 10.3. The Bertz CT molecular complexity index is 633. The van der Waals surface area contributed by atoms with Crippen LogP contribution in [0.25, 0.3) is 0 Å². The molecule has 2 N–H and O–H groups in total. The van der Waals surface area contributed by atoms with Gasteiger partial charge in [0, 0.05) is 0 Å². The molecule has 0 radical (unpaired) electrons. The van der Waals surface area contributed by atoms with Gasteiger partial charge in [0.2, 0.25) is 0 Å². The van der Waals surface area contributed by atoms with E-state index in [1.807, 2.05) is 12.1 Å². The number of hydrogen-bond acceptors (Lipinski definition) is 4. The second-order valence-corrected chi connectivity index (χ2v) is 4.76. The Balaban J connectivity index is 1.85. The molecule has 0 spiro atoms. The average Bonchev–Trinajstić information content (AvgIpc) is 2.54. The number of fused-ring (bicyclic) bond motifs is 1. The van der Waals surface area contributed by atoms with Crippen LogP contribution < -0.4 is 14.8 Å². The normalized spacial score (nSPS) is 14.6. The topological polar surface area (TPSA) is 50.7 Å². The maximum atomic E-state index is 13.7. The molecule has 1 aliphatic rings. The van der Waals surface area contributed by atoms with E-state index in [9.17, 15) is 9.50 Å². The van der Waals surface area contributed by atoms with Crippen LogP contribution in [-0.4, -0.2) is 24.9 Å². The number of halogens is 1. The molecule has 5 heteroatoms. The number of nitrogens with one attached hydrogen (secondary N) is 1. The predicted octanol–water partition coefficient (Wildman–Crippen LogP) is 2.74.